The second kappa shape index (κ2) is 4.88. The first kappa shape index (κ1) is 13.1. The molecule has 1 aromatic heterocycles. The number of H-pyrrole nitrogens is 1. The standard InChI is InChI=1S/C16H21NOS/c1-3-11-6-5-7-12-13-8-9-18-16(4-2,10-19)15(13)17-14(11)12/h5-7,17,19H,3-4,8-10H2,1-2H3. The summed E-state index contributed by atoms with van der Waals surface area (Å²) in [6, 6.07) is 6.60. The normalized spacial score (nSPS) is 22.7. The third-order valence-corrected chi connectivity index (χ3v) is 4.93. The van der Waals surface area contributed by atoms with Crippen LogP contribution in [0.1, 0.15) is 37.1 Å². The lowest BCUT2D eigenvalue weighted by atomic mass is 9.90. The van der Waals surface area contributed by atoms with Crippen molar-refractivity contribution in [3.8, 4) is 0 Å². The molecular formula is C16H21NOS. The summed E-state index contributed by atoms with van der Waals surface area (Å²) in [7, 11) is 0. The van der Waals surface area contributed by atoms with Crippen molar-refractivity contribution in [1.82, 2.24) is 4.98 Å². The molecule has 2 aromatic rings. The number of hydrogen-bond donors (Lipinski definition) is 2. The van der Waals surface area contributed by atoms with Gasteiger partial charge in [0.05, 0.1) is 12.3 Å². The summed E-state index contributed by atoms with van der Waals surface area (Å²) in [6.07, 6.45) is 3.01. The number of aromatic amines is 1. The SMILES string of the molecule is CCc1cccc2c3c([nH]c12)C(CC)(CS)OCC3. The van der Waals surface area contributed by atoms with Crippen molar-refractivity contribution in [3.05, 3.63) is 35.0 Å². The number of thiol groups is 1. The lowest BCUT2D eigenvalue weighted by Crippen LogP contribution is -2.36. The number of ether oxygens (including phenoxy) is 1. The third kappa shape index (κ3) is 1.83. The van der Waals surface area contributed by atoms with Gasteiger partial charge in [0.15, 0.2) is 0 Å². The zero-order chi connectivity index (χ0) is 13.5. The number of aromatic nitrogens is 1. The van der Waals surface area contributed by atoms with Crippen LogP contribution < -0.4 is 0 Å². The smallest absolute Gasteiger partial charge is 0.117 e. The van der Waals surface area contributed by atoms with Gasteiger partial charge in [0.2, 0.25) is 0 Å². The van der Waals surface area contributed by atoms with Crippen molar-refractivity contribution in [3.63, 3.8) is 0 Å². The number of hydrogen-bond acceptors (Lipinski definition) is 2. The van der Waals surface area contributed by atoms with E-state index in [-0.39, 0.29) is 5.60 Å². The van der Waals surface area contributed by atoms with Gasteiger partial charge in [0.25, 0.3) is 0 Å². The first-order valence-corrected chi connectivity index (χ1v) is 7.76. The van der Waals surface area contributed by atoms with Crippen LogP contribution in [-0.2, 0) is 23.2 Å². The van der Waals surface area contributed by atoms with Crippen LogP contribution >= 0.6 is 12.6 Å². The molecule has 0 radical (unpaired) electrons. The van der Waals surface area contributed by atoms with Gasteiger partial charge in [-0.3, -0.25) is 0 Å². The Morgan fingerprint density at radius 1 is 1.37 bits per heavy atom. The topological polar surface area (TPSA) is 25.0 Å². The molecule has 0 spiro atoms. The van der Waals surface area contributed by atoms with Crippen molar-refractivity contribution in [2.24, 2.45) is 0 Å². The fraction of sp³-hybridized carbons (Fsp3) is 0.500. The van der Waals surface area contributed by atoms with Crippen LogP contribution in [0.25, 0.3) is 10.9 Å². The molecule has 0 saturated carbocycles. The first-order valence-electron chi connectivity index (χ1n) is 7.13. The summed E-state index contributed by atoms with van der Waals surface area (Å²) >= 11 is 4.54. The first-order chi connectivity index (χ1) is 9.25. The van der Waals surface area contributed by atoms with Crippen LogP contribution in [0, 0.1) is 0 Å². The van der Waals surface area contributed by atoms with Crippen molar-refractivity contribution >= 4 is 23.5 Å². The largest absolute Gasteiger partial charge is 0.368 e. The van der Waals surface area contributed by atoms with Gasteiger partial charge in [0.1, 0.15) is 5.60 Å². The number of nitrogens with one attached hydrogen (secondary N) is 1. The highest BCUT2D eigenvalue weighted by molar-refractivity contribution is 7.80. The monoisotopic (exact) mass is 275 g/mol. The Balaban J connectivity index is 2.29. The quantitative estimate of drug-likeness (QED) is 0.818. The van der Waals surface area contributed by atoms with Crippen LogP contribution in [0.5, 0.6) is 0 Å². The van der Waals surface area contributed by atoms with E-state index in [4.69, 9.17) is 4.74 Å². The fourth-order valence-corrected chi connectivity index (χ4v) is 3.69. The summed E-state index contributed by atoms with van der Waals surface area (Å²) in [6.45, 7) is 5.18. The maximum Gasteiger partial charge on any atom is 0.117 e. The van der Waals surface area contributed by atoms with Crippen molar-refractivity contribution in [2.45, 2.75) is 38.7 Å². The molecule has 1 aliphatic heterocycles. The average Bonchev–Trinajstić information content (AvgIpc) is 2.86. The van der Waals surface area contributed by atoms with Gasteiger partial charge >= 0.3 is 0 Å². The van der Waals surface area contributed by atoms with Gasteiger partial charge in [-0.05, 0) is 30.4 Å². The fourth-order valence-electron chi connectivity index (χ4n) is 3.21. The zero-order valence-corrected chi connectivity index (χ0v) is 12.5. The minimum absolute atomic E-state index is 0.235. The second-order valence-corrected chi connectivity index (χ2v) is 5.59. The molecule has 0 saturated heterocycles. The number of aryl methyl sites for hydroxylation is 1. The summed E-state index contributed by atoms with van der Waals surface area (Å²) in [4.78, 5) is 3.65. The molecule has 1 aliphatic rings. The molecule has 1 atom stereocenters. The van der Waals surface area contributed by atoms with Crippen LogP contribution in [0.3, 0.4) is 0 Å². The maximum absolute atomic E-state index is 6.09. The number of rotatable bonds is 3. The molecule has 1 N–H and O–H groups in total. The van der Waals surface area contributed by atoms with E-state index in [1.807, 2.05) is 0 Å². The lowest BCUT2D eigenvalue weighted by molar-refractivity contribution is -0.0471. The molecule has 1 unspecified atom stereocenters. The molecule has 19 heavy (non-hydrogen) atoms. The highest BCUT2D eigenvalue weighted by Gasteiger charge is 2.37. The molecule has 3 heteroatoms. The highest BCUT2D eigenvalue weighted by atomic mass is 32.1. The van der Waals surface area contributed by atoms with Gasteiger partial charge in [-0.25, -0.2) is 0 Å². The molecular weight excluding hydrogens is 254 g/mol. The Morgan fingerprint density at radius 3 is 2.89 bits per heavy atom. The Kier molecular flexibility index (Phi) is 3.35. The molecule has 1 aromatic carbocycles. The second-order valence-electron chi connectivity index (χ2n) is 5.28. The molecule has 102 valence electrons. The molecule has 0 aliphatic carbocycles. The summed E-state index contributed by atoms with van der Waals surface area (Å²) < 4.78 is 6.09. The van der Waals surface area contributed by atoms with E-state index in [9.17, 15) is 0 Å². The van der Waals surface area contributed by atoms with E-state index in [0.717, 1.165) is 31.6 Å². The number of fused-ring (bicyclic) bond motifs is 3. The van der Waals surface area contributed by atoms with Gasteiger partial charge in [0, 0.05) is 16.7 Å². The highest BCUT2D eigenvalue weighted by Crippen LogP contribution is 2.40. The summed E-state index contributed by atoms with van der Waals surface area (Å²) in [5, 5.41) is 1.37. The number of benzene rings is 1. The van der Waals surface area contributed by atoms with Crippen LogP contribution in [0.15, 0.2) is 18.2 Å². The Labute approximate surface area is 120 Å². The van der Waals surface area contributed by atoms with E-state index in [0.29, 0.717) is 0 Å². The predicted molar refractivity (Wildman–Crippen MR) is 83.2 cm³/mol. The van der Waals surface area contributed by atoms with Crippen molar-refractivity contribution in [1.29, 1.82) is 0 Å². The van der Waals surface area contributed by atoms with Gasteiger partial charge < -0.3 is 9.72 Å². The van der Waals surface area contributed by atoms with E-state index in [1.165, 1.54) is 27.7 Å². The molecule has 0 amide bonds. The lowest BCUT2D eigenvalue weighted by Gasteiger charge is -2.35. The van der Waals surface area contributed by atoms with E-state index >= 15 is 0 Å². The molecule has 2 heterocycles. The maximum atomic E-state index is 6.09. The summed E-state index contributed by atoms with van der Waals surface area (Å²) in [5.41, 5.74) is 5.14. The Morgan fingerprint density at radius 2 is 2.21 bits per heavy atom. The van der Waals surface area contributed by atoms with E-state index < -0.39 is 0 Å². The Hall–Kier alpha value is -0.930. The van der Waals surface area contributed by atoms with Crippen molar-refractivity contribution in [2.75, 3.05) is 12.4 Å². The minimum atomic E-state index is -0.235. The van der Waals surface area contributed by atoms with E-state index in [1.54, 1.807) is 0 Å². The van der Waals surface area contributed by atoms with Crippen LogP contribution in [-0.4, -0.2) is 17.3 Å². The molecule has 3 rings (SSSR count). The predicted octanol–water partition coefficient (Wildman–Crippen LogP) is 3.84. The average molecular weight is 275 g/mol. The third-order valence-electron chi connectivity index (χ3n) is 4.42. The van der Waals surface area contributed by atoms with Gasteiger partial charge in [-0.15, -0.1) is 0 Å². The van der Waals surface area contributed by atoms with Crippen molar-refractivity contribution < 1.29 is 4.74 Å². The molecule has 2 nitrogen and oxygen atoms in total. The Bertz CT molecular complexity index is 598. The minimum Gasteiger partial charge on any atom is -0.368 e. The van der Waals surface area contributed by atoms with Gasteiger partial charge in [-0.2, -0.15) is 12.6 Å². The molecule has 0 fully saturated rings. The van der Waals surface area contributed by atoms with Crippen LogP contribution in [0.4, 0.5) is 0 Å². The van der Waals surface area contributed by atoms with E-state index in [2.05, 4.69) is 49.7 Å². The number of para-hydroxylation sites is 1. The summed E-state index contributed by atoms with van der Waals surface area (Å²) in [5.74, 6) is 0.727. The zero-order valence-electron chi connectivity index (χ0n) is 11.6. The van der Waals surface area contributed by atoms with Gasteiger partial charge in [-0.1, -0.05) is 32.0 Å². The molecule has 0 bridgehead atoms. The van der Waals surface area contributed by atoms with Crippen LogP contribution in [0.2, 0.25) is 0 Å².